The number of hydrogen-bond acceptors (Lipinski definition) is 6. The van der Waals surface area contributed by atoms with Crippen LogP contribution in [-0.4, -0.2) is 40.5 Å². The fourth-order valence-corrected chi connectivity index (χ4v) is 7.25. The molecule has 0 spiro atoms. The molecule has 2 fully saturated rings. The van der Waals surface area contributed by atoms with Crippen LogP contribution < -0.4 is 0 Å². The lowest BCUT2D eigenvalue weighted by atomic mass is 9.63. The van der Waals surface area contributed by atoms with E-state index < -0.39 is 11.2 Å². The summed E-state index contributed by atoms with van der Waals surface area (Å²) in [4.78, 5) is 23.9. The van der Waals surface area contributed by atoms with Gasteiger partial charge in [0.2, 0.25) is 0 Å². The third-order valence-electron chi connectivity index (χ3n) is 9.25. The molecule has 2 aliphatic carbocycles. The number of rotatable bonds is 7. The van der Waals surface area contributed by atoms with Gasteiger partial charge in [0.05, 0.1) is 11.7 Å². The number of epoxide rings is 1. The molecule has 0 aromatic heterocycles. The van der Waals surface area contributed by atoms with Gasteiger partial charge in [0.1, 0.15) is 23.1 Å². The molecule has 0 bridgehead atoms. The second kappa shape index (κ2) is 13.0. The van der Waals surface area contributed by atoms with E-state index in [1.165, 1.54) is 12.5 Å². The Morgan fingerprint density at radius 3 is 2.36 bits per heavy atom. The van der Waals surface area contributed by atoms with Crippen molar-refractivity contribution in [3.8, 4) is 11.8 Å². The summed E-state index contributed by atoms with van der Waals surface area (Å²) in [5.74, 6) is 6.52. The van der Waals surface area contributed by atoms with Gasteiger partial charge in [-0.1, -0.05) is 81.6 Å². The molecule has 0 unspecified atom stereocenters. The maximum absolute atomic E-state index is 12.5. The second-order valence-corrected chi connectivity index (χ2v) is 14.3. The van der Waals surface area contributed by atoms with E-state index in [0.29, 0.717) is 24.2 Å². The van der Waals surface area contributed by atoms with Gasteiger partial charge in [0.25, 0.3) is 0 Å². The quantitative estimate of drug-likeness (QED) is 0.137. The topological polar surface area (TPSA) is 85.4 Å². The molecule has 6 heteroatoms. The highest BCUT2D eigenvalue weighted by molar-refractivity contribution is 5.95. The largest absolute Gasteiger partial charge is 0.462 e. The van der Waals surface area contributed by atoms with Crippen LogP contribution in [0.5, 0.6) is 0 Å². The molecule has 1 saturated heterocycles. The summed E-state index contributed by atoms with van der Waals surface area (Å²) in [7, 11) is 0. The average molecular weight is 613 g/mol. The Morgan fingerprint density at radius 2 is 1.71 bits per heavy atom. The zero-order chi connectivity index (χ0) is 33.2. The number of aliphatic hydroxyl groups excluding tert-OH is 1. The zero-order valence-electron chi connectivity index (χ0n) is 28.2. The van der Waals surface area contributed by atoms with Crippen LogP contribution in [0.4, 0.5) is 0 Å². The van der Waals surface area contributed by atoms with Gasteiger partial charge in [0.15, 0.2) is 0 Å². The molecule has 2 aliphatic heterocycles. The SMILES string of the molecule is CC(=O)O[C@@H]1CC(C)=C(C#C\C(C)=C/C=C/C=C/C=C(C)/C=C2C=C(/C=C/[C@@]34O[C@]3(C)C[C@@H](O)CC4(C)C)C(=O)O/2)C(C)(C)C1. The maximum atomic E-state index is 12.5. The molecule has 0 aromatic rings. The number of esters is 2. The molecule has 0 aromatic carbocycles. The van der Waals surface area contributed by atoms with Gasteiger partial charge in [0, 0.05) is 36.2 Å². The number of hydrogen-bond donors (Lipinski definition) is 1. The van der Waals surface area contributed by atoms with Crippen molar-refractivity contribution in [2.75, 3.05) is 0 Å². The third-order valence-corrected chi connectivity index (χ3v) is 9.25. The summed E-state index contributed by atoms with van der Waals surface area (Å²) in [6, 6.07) is 0. The second-order valence-electron chi connectivity index (χ2n) is 14.3. The number of cyclic esters (lactones) is 1. The van der Waals surface area contributed by atoms with E-state index in [1.807, 2.05) is 69.4 Å². The molecule has 0 amide bonds. The lowest BCUT2D eigenvalue weighted by molar-refractivity contribution is -0.147. The average Bonchev–Trinajstić information content (AvgIpc) is 3.37. The van der Waals surface area contributed by atoms with Crippen LogP contribution in [0.15, 0.2) is 94.4 Å². The van der Waals surface area contributed by atoms with Gasteiger partial charge in [-0.2, -0.15) is 0 Å². The molecule has 240 valence electrons. The molecule has 4 rings (SSSR count). The zero-order valence-corrected chi connectivity index (χ0v) is 28.2. The fraction of sp³-hybridized carbons (Fsp3) is 0.487. The molecule has 45 heavy (non-hydrogen) atoms. The highest BCUT2D eigenvalue weighted by Crippen LogP contribution is 2.66. The molecule has 4 aliphatic rings. The van der Waals surface area contributed by atoms with Crippen molar-refractivity contribution in [3.63, 3.8) is 0 Å². The Kier molecular flexibility index (Phi) is 9.87. The van der Waals surface area contributed by atoms with Crippen molar-refractivity contribution in [2.24, 2.45) is 10.8 Å². The molecule has 1 N–H and O–H groups in total. The summed E-state index contributed by atoms with van der Waals surface area (Å²) >= 11 is 0. The fourth-order valence-electron chi connectivity index (χ4n) is 7.25. The van der Waals surface area contributed by atoms with Crippen molar-refractivity contribution in [1.82, 2.24) is 0 Å². The molecule has 1 saturated carbocycles. The van der Waals surface area contributed by atoms with E-state index in [-0.39, 0.29) is 35.0 Å². The molecular weight excluding hydrogens is 564 g/mol. The first kappa shape index (κ1) is 34.2. The van der Waals surface area contributed by atoms with Crippen molar-refractivity contribution >= 4 is 11.9 Å². The predicted octanol–water partition coefficient (Wildman–Crippen LogP) is 7.69. The number of ether oxygens (including phenoxy) is 3. The van der Waals surface area contributed by atoms with Gasteiger partial charge in [-0.3, -0.25) is 4.79 Å². The molecule has 0 radical (unpaired) electrons. The normalized spacial score (nSPS) is 32.1. The third kappa shape index (κ3) is 7.77. The summed E-state index contributed by atoms with van der Waals surface area (Å²) in [6.45, 7) is 18.0. The van der Waals surface area contributed by atoms with Crippen LogP contribution in [0, 0.1) is 22.7 Å². The van der Waals surface area contributed by atoms with Crippen molar-refractivity contribution in [1.29, 1.82) is 0 Å². The molecule has 2 heterocycles. The number of aliphatic hydroxyl groups is 1. The smallest absolute Gasteiger partial charge is 0.343 e. The summed E-state index contributed by atoms with van der Waals surface area (Å²) in [6.07, 6.45) is 21.3. The van der Waals surface area contributed by atoms with Crippen LogP contribution in [-0.2, 0) is 23.8 Å². The number of fused-ring (bicyclic) bond motifs is 1. The Morgan fingerprint density at radius 1 is 1.02 bits per heavy atom. The minimum atomic E-state index is -0.498. The summed E-state index contributed by atoms with van der Waals surface area (Å²) in [5.41, 5.74) is 3.36. The van der Waals surface area contributed by atoms with Crippen molar-refractivity contribution in [2.45, 2.75) is 111 Å². The lowest BCUT2D eigenvalue weighted by Gasteiger charge is -2.39. The van der Waals surface area contributed by atoms with E-state index in [9.17, 15) is 14.7 Å². The summed E-state index contributed by atoms with van der Waals surface area (Å²) in [5, 5.41) is 10.3. The van der Waals surface area contributed by atoms with Crippen LogP contribution in [0.3, 0.4) is 0 Å². The van der Waals surface area contributed by atoms with Gasteiger partial charge < -0.3 is 19.3 Å². The minimum Gasteiger partial charge on any atom is -0.462 e. The van der Waals surface area contributed by atoms with Gasteiger partial charge >= 0.3 is 11.9 Å². The van der Waals surface area contributed by atoms with Crippen LogP contribution >= 0.6 is 0 Å². The molecule has 4 atom stereocenters. The monoisotopic (exact) mass is 612 g/mol. The predicted molar refractivity (Wildman–Crippen MR) is 177 cm³/mol. The molecular formula is C39H48O6. The minimum absolute atomic E-state index is 0.0897. The van der Waals surface area contributed by atoms with Gasteiger partial charge in [-0.05, 0) is 76.0 Å². The highest BCUT2D eigenvalue weighted by atomic mass is 16.6. The van der Waals surface area contributed by atoms with Crippen molar-refractivity contribution < 1.29 is 28.9 Å². The highest BCUT2D eigenvalue weighted by Gasteiger charge is 2.74. The lowest BCUT2D eigenvalue weighted by Crippen LogP contribution is -2.46. The van der Waals surface area contributed by atoms with Crippen molar-refractivity contribution in [3.05, 3.63) is 94.4 Å². The van der Waals surface area contributed by atoms with E-state index >= 15 is 0 Å². The summed E-state index contributed by atoms with van der Waals surface area (Å²) < 4.78 is 17.1. The van der Waals surface area contributed by atoms with E-state index in [1.54, 1.807) is 12.2 Å². The van der Waals surface area contributed by atoms with Gasteiger partial charge in [-0.25, -0.2) is 4.79 Å². The number of carbonyl (C=O) groups is 2. The van der Waals surface area contributed by atoms with Crippen LogP contribution in [0.2, 0.25) is 0 Å². The first-order valence-corrected chi connectivity index (χ1v) is 15.8. The standard InChI is InChI=1S/C39H48O6/c1-26(16-17-34-28(3)21-33(43-29(4)40)25-36(34,5)6)14-12-10-11-13-15-27(2)20-32-22-30(35(42)44-32)18-19-39-37(7,8)23-31(41)24-38(39,9)45-39/h10-15,18-20,22,31,33,41H,21,23-25H2,1-9H3/b12-10+,13-11+,19-18+,26-14-,27-15+,32-20-/t31-,33+,38+,39-/m0/s1. The Balaban J connectivity index is 1.33. The number of carbonyl (C=O) groups excluding carboxylic acids is 2. The van der Waals surface area contributed by atoms with E-state index in [0.717, 1.165) is 29.6 Å². The van der Waals surface area contributed by atoms with Crippen LogP contribution in [0.1, 0.15) is 88.0 Å². The Bertz CT molecular complexity index is 1540. The first-order valence-electron chi connectivity index (χ1n) is 15.8. The van der Waals surface area contributed by atoms with E-state index in [2.05, 4.69) is 46.5 Å². The maximum Gasteiger partial charge on any atom is 0.343 e. The van der Waals surface area contributed by atoms with Crippen LogP contribution in [0.25, 0.3) is 0 Å². The Hall–Kier alpha value is -3.66. The first-order chi connectivity index (χ1) is 21.0. The van der Waals surface area contributed by atoms with Gasteiger partial charge in [-0.15, -0.1) is 0 Å². The molecule has 6 nitrogen and oxygen atoms in total. The Labute approximate surface area is 269 Å². The number of allylic oxidation sites excluding steroid dienone is 11. The van der Waals surface area contributed by atoms with E-state index in [4.69, 9.17) is 14.2 Å².